The monoisotopic (exact) mass is 236 g/mol. The summed E-state index contributed by atoms with van der Waals surface area (Å²) in [7, 11) is -1.70. The van der Waals surface area contributed by atoms with Crippen LogP contribution in [0, 0.1) is 0 Å². The topological polar surface area (TPSA) is 49.9 Å². The minimum Gasteiger partial charge on any atom is -0.376 e. The second-order valence-electron chi connectivity index (χ2n) is 4.16. The molecule has 1 aliphatic rings. The summed E-state index contributed by atoms with van der Waals surface area (Å²) in [4.78, 5) is 0. The first-order chi connectivity index (χ1) is 6.85. The van der Waals surface area contributed by atoms with Gasteiger partial charge < -0.3 is 4.74 Å². The maximum Gasteiger partial charge on any atom is 0.282 e. The molecule has 0 aromatic carbocycles. The van der Waals surface area contributed by atoms with Crippen LogP contribution in [0.3, 0.4) is 0 Å². The molecule has 1 heterocycles. The fourth-order valence-corrected chi connectivity index (χ4v) is 3.05. The zero-order valence-electron chi connectivity index (χ0n) is 9.80. The van der Waals surface area contributed by atoms with Gasteiger partial charge in [0.1, 0.15) is 0 Å². The van der Waals surface area contributed by atoms with Gasteiger partial charge in [-0.2, -0.15) is 17.0 Å². The molecule has 1 aliphatic heterocycles. The van der Waals surface area contributed by atoms with E-state index in [2.05, 4.69) is 0 Å². The summed E-state index contributed by atoms with van der Waals surface area (Å²) in [6.45, 7) is 6.98. The third kappa shape index (κ3) is 2.90. The lowest BCUT2D eigenvalue weighted by molar-refractivity contribution is 0.00825. The van der Waals surface area contributed by atoms with Crippen molar-refractivity contribution in [1.29, 1.82) is 0 Å². The second-order valence-corrected chi connectivity index (χ2v) is 6.15. The first kappa shape index (κ1) is 12.9. The van der Waals surface area contributed by atoms with Gasteiger partial charge in [-0.1, -0.05) is 0 Å². The van der Waals surface area contributed by atoms with Crippen LogP contribution in [0.25, 0.3) is 0 Å². The van der Waals surface area contributed by atoms with E-state index in [1.54, 1.807) is 7.05 Å². The number of morpholine rings is 1. The van der Waals surface area contributed by atoms with Crippen molar-refractivity contribution in [2.45, 2.75) is 32.9 Å². The van der Waals surface area contributed by atoms with E-state index in [-0.39, 0.29) is 12.1 Å². The maximum atomic E-state index is 12.1. The SMILES string of the molecule is CC(C)N(C)S(=O)(=O)N1CCO[C@@H](C)C1. The van der Waals surface area contributed by atoms with Gasteiger partial charge in [0.25, 0.3) is 10.2 Å². The van der Waals surface area contributed by atoms with Crippen LogP contribution in [-0.2, 0) is 14.9 Å². The van der Waals surface area contributed by atoms with Crippen LogP contribution in [0.4, 0.5) is 0 Å². The minimum atomic E-state index is -3.31. The average Bonchev–Trinajstić information content (AvgIpc) is 2.16. The van der Waals surface area contributed by atoms with Crippen LogP contribution in [0.15, 0.2) is 0 Å². The highest BCUT2D eigenvalue weighted by molar-refractivity contribution is 7.86. The van der Waals surface area contributed by atoms with Crippen LogP contribution < -0.4 is 0 Å². The van der Waals surface area contributed by atoms with Gasteiger partial charge in [-0.25, -0.2) is 0 Å². The van der Waals surface area contributed by atoms with E-state index in [9.17, 15) is 8.42 Å². The highest BCUT2D eigenvalue weighted by Crippen LogP contribution is 2.14. The molecule has 0 aliphatic carbocycles. The van der Waals surface area contributed by atoms with Crippen molar-refractivity contribution in [1.82, 2.24) is 8.61 Å². The Morgan fingerprint density at radius 1 is 1.47 bits per heavy atom. The van der Waals surface area contributed by atoms with Gasteiger partial charge in [0.2, 0.25) is 0 Å². The molecule has 0 saturated carbocycles. The molecule has 0 N–H and O–H groups in total. The van der Waals surface area contributed by atoms with Crippen molar-refractivity contribution in [3.05, 3.63) is 0 Å². The molecule has 1 fully saturated rings. The van der Waals surface area contributed by atoms with Crippen molar-refractivity contribution in [3.63, 3.8) is 0 Å². The zero-order valence-corrected chi connectivity index (χ0v) is 10.6. The van der Waals surface area contributed by atoms with Crippen LogP contribution in [0.2, 0.25) is 0 Å². The Labute approximate surface area is 92.2 Å². The second kappa shape index (κ2) is 4.78. The van der Waals surface area contributed by atoms with E-state index in [1.807, 2.05) is 20.8 Å². The van der Waals surface area contributed by atoms with E-state index in [1.165, 1.54) is 8.61 Å². The Hall–Kier alpha value is -0.170. The fourth-order valence-electron chi connectivity index (χ4n) is 1.44. The molecule has 1 saturated heterocycles. The predicted molar refractivity (Wildman–Crippen MR) is 58.8 cm³/mol. The number of nitrogens with zero attached hydrogens (tertiary/aromatic N) is 2. The zero-order chi connectivity index (χ0) is 11.6. The van der Waals surface area contributed by atoms with Gasteiger partial charge in [-0.05, 0) is 20.8 Å². The van der Waals surface area contributed by atoms with Gasteiger partial charge >= 0.3 is 0 Å². The number of hydrogen-bond acceptors (Lipinski definition) is 3. The molecular formula is C9H20N2O3S. The molecule has 1 atom stereocenters. The summed E-state index contributed by atoms with van der Waals surface area (Å²) in [5.74, 6) is 0. The van der Waals surface area contributed by atoms with Crippen LogP contribution >= 0.6 is 0 Å². The molecule has 1 rings (SSSR count). The van der Waals surface area contributed by atoms with E-state index in [0.717, 1.165) is 0 Å². The lowest BCUT2D eigenvalue weighted by Gasteiger charge is -2.34. The quantitative estimate of drug-likeness (QED) is 0.708. The molecule has 5 nitrogen and oxygen atoms in total. The van der Waals surface area contributed by atoms with Crippen molar-refractivity contribution in [2.24, 2.45) is 0 Å². The summed E-state index contributed by atoms with van der Waals surface area (Å²) >= 11 is 0. The maximum absolute atomic E-state index is 12.1. The minimum absolute atomic E-state index is 0.0194. The normalized spacial score (nSPS) is 25.1. The molecule has 90 valence electrons. The third-order valence-corrected chi connectivity index (χ3v) is 4.75. The number of hydrogen-bond donors (Lipinski definition) is 0. The number of rotatable bonds is 3. The van der Waals surface area contributed by atoms with Gasteiger partial charge in [0, 0.05) is 26.2 Å². The van der Waals surface area contributed by atoms with Gasteiger partial charge in [0.05, 0.1) is 12.7 Å². The highest BCUT2D eigenvalue weighted by Gasteiger charge is 2.31. The first-order valence-electron chi connectivity index (χ1n) is 5.20. The Balaban J connectivity index is 2.77. The fraction of sp³-hybridized carbons (Fsp3) is 1.00. The molecule has 0 spiro atoms. The number of ether oxygens (including phenoxy) is 1. The van der Waals surface area contributed by atoms with Crippen molar-refractivity contribution in [3.8, 4) is 0 Å². The summed E-state index contributed by atoms with van der Waals surface area (Å²) in [6, 6.07) is -0.0202. The molecule has 0 aromatic rings. The Bertz CT molecular complexity index is 302. The van der Waals surface area contributed by atoms with Crippen LogP contribution in [0.1, 0.15) is 20.8 Å². The van der Waals surface area contributed by atoms with E-state index in [4.69, 9.17) is 4.74 Å². The largest absolute Gasteiger partial charge is 0.376 e. The molecule has 0 aromatic heterocycles. The van der Waals surface area contributed by atoms with E-state index >= 15 is 0 Å². The predicted octanol–water partition coefficient (Wildman–Crippen LogP) is 0.292. The molecule has 0 unspecified atom stereocenters. The van der Waals surface area contributed by atoms with Crippen molar-refractivity contribution >= 4 is 10.2 Å². The van der Waals surface area contributed by atoms with Crippen molar-refractivity contribution < 1.29 is 13.2 Å². The lowest BCUT2D eigenvalue weighted by atomic mass is 10.3. The average molecular weight is 236 g/mol. The third-order valence-electron chi connectivity index (χ3n) is 2.62. The van der Waals surface area contributed by atoms with Gasteiger partial charge in [-0.3, -0.25) is 0 Å². The summed E-state index contributed by atoms with van der Waals surface area (Å²) in [6.07, 6.45) is -0.0194. The molecule has 6 heteroatoms. The van der Waals surface area contributed by atoms with E-state index in [0.29, 0.717) is 19.7 Å². The Kier molecular flexibility index (Phi) is 4.11. The van der Waals surface area contributed by atoms with E-state index < -0.39 is 10.2 Å². The standard InChI is InChI=1S/C9H20N2O3S/c1-8(2)10(4)15(12,13)11-5-6-14-9(3)7-11/h8-9H,5-7H2,1-4H3/t9-/m0/s1. The van der Waals surface area contributed by atoms with Gasteiger partial charge in [-0.15, -0.1) is 0 Å². The molecule has 0 bridgehead atoms. The molecule has 0 amide bonds. The van der Waals surface area contributed by atoms with Crippen molar-refractivity contribution in [2.75, 3.05) is 26.7 Å². The molecular weight excluding hydrogens is 216 g/mol. The van der Waals surface area contributed by atoms with Crippen LogP contribution in [0.5, 0.6) is 0 Å². The first-order valence-corrected chi connectivity index (χ1v) is 6.60. The molecule has 15 heavy (non-hydrogen) atoms. The summed E-state index contributed by atoms with van der Waals surface area (Å²) in [5, 5.41) is 0. The highest BCUT2D eigenvalue weighted by atomic mass is 32.2. The Morgan fingerprint density at radius 3 is 2.53 bits per heavy atom. The Morgan fingerprint density at radius 2 is 2.07 bits per heavy atom. The van der Waals surface area contributed by atoms with Crippen LogP contribution in [-0.4, -0.2) is 55.9 Å². The van der Waals surface area contributed by atoms with Gasteiger partial charge in [0.15, 0.2) is 0 Å². The summed E-state index contributed by atoms with van der Waals surface area (Å²) in [5.41, 5.74) is 0. The summed E-state index contributed by atoms with van der Waals surface area (Å²) < 4.78 is 32.3. The lowest BCUT2D eigenvalue weighted by Crippen LogP contribution is -2.51. The smallest absolute Gasteiger partial charge is 0.282 e. The molecule has 0 radical (unpaired) electrons.